The maximum absolute atomic E-state index is 10.7. The number of carbonyl (C=O) groups is 1. The van der Waals surface area contributed by atoms with Gasteiger partial charge in [-0.15, -0.1) is 0 Å². The molecule has 0 spiro atoms. The van der Waals surface area contributed by atoms with Crippen LogP contribution in [-0.4, -0.2) is 19.0 Å². The molecule has 0 amide bonds. The summed E-state index contributed by atoms with van der Waals surface area (Å²) in [7, 11) is 0. The van der Waals surface area contributed by atoms with Crippen molar-refractivity contribution in [3.05, 3.63) is 52.0 Å². The number of aromatic carboxylic acids is 1. The first-order chi connectivity index (χ1) is 10.6. The number of rotatable bonds is 4. The number of nitrogens with zero attached hydrogens (tertiary/aromatic N) is 1. The first kappa shape index (κ1) is 14.4. The Morgan fingerprint density at radius 3 is 2.59 bits per heavy atom. The maximum atomic E-state index is 10.7. The second-order valence-electron chi connectivity index (χ2n) is 4.46. The van der Waals surface area contributed by atoms with Crippen molar-refractivity contribution in [2.24, 2.45) is 5.10 Å². The van der Waals surface area contributed by atoms with Gasteiger partial charge in [-0.25, -0.2) is 0 Å². The van der Waals surface area contributed by atoms with E-state index in [4.69, 9.17) is 9.47 Å². The lowest BCUT2D eigenvalue weighted by atomic mass is 10.2. The summed E-state index contributed by atoms with van der Waals surface area (Å²) >= 11 is 3.43. The molecular formula is C15H10BrN2O4-. The van der Waals surface area contributed by atoms with Crippen molar-refractivity contribution in [1.82, 2.24) is 0 Å². The van der Waals surface area contributed by atoms with Gasteiger partial charge >= 0.3 is 0 Å². The molecule has 1 heterocycles. The van der Waals surface area contributed by atoms with Gasteiger partial charge in [0.05, 0.1) is 17.9 Å². The predicted octanol–water partition coefficient (Wildman–Crippen LogP) is 1.99. The normalized spacial score (nSPS) is 12.6. The maximum Gasteiger partial charge on any atom is 0.231 e. The molecule has 6 nitrogen and oxygen atoms in total. The number of benzene rings is 2. The Labute approximate surface area is 134 Å². The van der Waals surface area contributed by atoms with E-state index in [9.17, 15) is 9.90 Å². The van der Waals surface area contributed by atoms with Crippen LogP contribution in [0, 0.1) is 0 Å². The van der Waals surface area contributed by atoms with Crippen LogP contribution in [0.3, 0.4) is 0 Å². The largest absolute Gasteiger partial charge is 0.545 e. The number of hydrogen-bond donors (Lipinski definition) is 1. The van der Waals surface area contributed by atoms with Crippen LogP contribution in [0.1, 0.15) is 15.9 Å². The molecule has 1 N–H and O–H groups in total. The summed E-state index contributed by atoms with van der Waals surface area (Å²) in [6.45, 7) is 0.214. The van der Waals surface area contributed by atoms with Crippen molar-refractivity contribution in [3.63, 3.8) is 0 Å². The number of hydrogen-bond acceptors (Lipinski definition) is 6. The predicted molar refractivity (Wildman–Crippen MR) is 82.3 cm³/mol. The molecule has 0 saturated heterocycles. The van der Waals surface area contributed by atoms with Crippen molar-refractivity contribution in [1.29, 1.82) is 0 Å². The number of nitrogens with one attached hydrogen (secondary N) is 1. The summed E-state index contributed by atoms with van der Waals surface area (Å²) in [6.07, 6.45) is 1.62. The number of fused-ring (bicyclic) bond motifs is 1. The third kappa shape index (κ3) is 3.04. The van der Waals surface area contributed by atoms with Crippen LogP contribution in [0.2, 0.25) is 0 Å². The molecule has 0 atom stereocenters. The van der Waals surface area contributed by atoms with Crippen LogP contribution in [0.4, 0.5) is 5.69 Å². The number of hydrazone groups is 1. The Kier molecular flexibility index (Phi) is 3.97. The van der Waals surface area contributed by atoms with Crippen LogP contribution >= 0.6 is 15.9 Å². The van der Waals surface area contributed by atoms with Gasteiger partial charge in [-0.2, -0.15) is 5.10 Å². The number of ether oxygens (including phenoxy) is 2. The minimum atomic E-state index is -1.21. The van der Waals surface area contributed by atoms with Crippen LogP contribution in [0.5, 0.6) is 11.5 Å². The first-order valence-electron chi connectivity index (χ1n) is 6.33. The third-order valence-corrected chi connectivity index (χ3v) is 3.70. The highest BCUT2D eigenvalue weighted by Gasteiger charge is 2.15. The second kappa shape index (κ2) is 6.07. The average Bonchev–Trinajstić information content (AvgIpc) is 2.95. The quantitative estimate of drug-likeness (QED) is 0.664. The minimum Gasteiger partial charge on any atom is -0.545 e. The van der Waals surface area contributed by atoms with Crippen molar-refractivity contribution >= 4 is 33.8 Å². The fourth-order valence-corrected chi connectivity index (χ4v) is 2.31. The molecule has 3 rings (SSSR count). The lowest BCUT2D eigenvalue weighted by molar-refractivity contribution is -0.255. The van der Waals surface area contributed by atoms with Gasteiger partial charge in [0.15, 0.2) is 11.5 Å². The van der Waals surface area contributed by atoms with E-state index < -0.39 is 5.97 Å². The van der Waals surface area contributed by atoms with Gasteiger partial charge < -0.3 is 19.4 Å². The van der Waals surface area contributed by atoms with Crippen molar-refractivity contribution < 1.29 is 19.4 Å². The molecule has 0 saturated carbocycles. The Morgan fingerprint density at radius 1 is 1.23 bits per heavy atom. The number of carboxylic acid groups (broad SMARTS) is 1. The molecular weight excluding hydrogens is 352 g/mol. The Balaban J connectivity index is 1.71. The fourth-order valence-electron chi connectivity index (χ4n) is 1.89. The van der Waals surface area contributed by atoms with Crippen molar-refractivity contribution in [2.75, 3.05) is 12.2 Å². The number of carboxylic acids is 1. The highest BCUT2D eigenvalue weighted by Crippen LogP contribution is 2.36. The number of carbonyl (C=O) groups excluding carboxylic acids is 1. The standard InChI is InChI=1S/C15H11BrN2O4/c16-12-6-14-13(21-8-22-14)5-10(12)7-17-18-11-3-1-9(2-4-11)15(19)20/h1-7,18H,8H2,(H,19,20)/p-1/b17-7-. The number of halogens is 1. The zero-order valence-electron chi connectivity index (χ0n) is 11.2. The highest BCUT2D eigenvalue weighted by atomic mass is 79.9. The lowest BCUT2D eigenvalue weighted by Crippen LogP contribution is -2.21. The summed E-state index contributed by atoms with van der Waals surface area (Å²) in [5.41, 5.74) is 4.42. The highest BCUT2D eigenvalue weighted by molar-refractivity contribution is 9.10. The van der Waals surface area contributed by atoms with E-state index in [0.717, 1.165) is 10.0 Å². The zero-order chi connectivity index (χ0) is 15.5. The topological polar surface area (TPSA) is 83.0 Å². The zero-order valence-corrected chi connectivity index (χ0v) is 12.8. The first-order valence-corrected chi connectivity index (χ1v) is 7.12. The van der Waals surface area contributed by atoms with E-state index in [1.165, 1.54) is 12.1 Å². The van der Waals surface area contributed by atoms with Gasteiger partial charge in [0, 0.05) is 10.0 Å². The van der Waals surface area contributed by atoms with E-state index in [1.54, 1.807) is 18.3 Å². The van der Waals surface area contributed by atoms with E-state index in [2.05, 4.69) is 26.5 Å². The van der Waals surface area contributed by atoms with Crippen molar-refractivity contribution in [3.8, 4) is 11.5 Å². The molecule has 0 unspecified atom stereocenters. The van der Waals surface area contributed by atoms with Crippen LogP contribution in [-0.2, 0) is 0 Å². The van der Waals surface area contributed by atoms with Crippen LogP contribution in [0.25, 0.3) is 0 Å². The van der Waals surface area contributed by atoms with Gasteiger partial charge in [-0.05, 0) is 45.8 Å². The molecule has 0 aromatic heterocycles. The minimum absolute atomic E-state index is 0.119. The molecule has 1 aliphatic heterocycles. The summed E-state index contributed by atoms with van der Waals surface area (Å²) in [6, 6.07) is 9.75. The van der Waals surface area contributed by atoms with Gasteiger partial charge in [0.2, 0.25) is 6.79 Å². The summed E-state index contributed by atoms with van der Waals surface area (Å²) in [5, 5.41) is 14.8. The Bertz CT molecular complexity index is 744. The van der Waals surface area contributed by atoms with E-state index >= 15 is 0 Å². The van der Waals surface area contributed by atoms with Crippen molar-refractivity contribution in [2.45, 2.75) is 0 Å². The molecule has 7 heteroatoms. The molecule has 2 aromatic carbocycles. The van der Waals surface area contributed by atoms with Gasteiger partial charge in [-0.1, -0.05) is 12.1 Å². The summed E-state index contributed by atoms with van der Waals surface area (Å²) in [5.74, 6) is 0.150. The molecule has 0 aliphatic carbocycles. The van der Waals surface area contributed by atoms with Crippen LogP contribution in [0.15, 0.2) is 46.0 Å². The Hall–Kier alpha value is -2.54. The smallest absolute Gasteiger partial charge is 0.231 e. The van der Waals surface area contributed by atoms with E-state index in [0.29, 0.717) is 17.2 Å². The van der Waals surface area contributed by atoms with E-state index in [-0.39, 0.29) is 12.4 Å². The molecule has 1 aliphatic rings. The summed E-state index contributed by atoms with van der Waals surface area (Å²) in [4.78, 5) is 10.7. The fraction of sp³-hybridized carbons (Fsp3) is 0.0667. The molecule has 0 radical (unpaired) electrons. The average molecular weight is 362 g/mol. The monoisotopic (exact) mass is 361 g/mol. The van der Waals surface area contributed by atoms with Gasteiger partial charge in [-0.3, -0.25) is 5.43 Å². The Morgan fingerprint density at radius 2 is 1.91 bits per heavy atom. The third-order valence-electron chi connectivity index (χ3n) is 3.01. The SMILES string of the molecule is O=C([O-])c1ccc(N/N=C\c2cc3c(cc2Br)OCO3)cc1. The molecule has 22 heavy (non-hydrogen) atoms. The lowest BCUT2D eigenvalue weighted by Gasteiger charge is -2.04. The molecule has 0 bridgehead atoms. The molecule has 0 fully saturated rings. The summed E-state index contributed by atoms with van der Waals surface area (Å²) < 4.78 is 11.4. The van der Waals surface area contributed by atoms with Gasteiger partial charge in [0.25, 0.3) is 0 Å². The second-order valence-corrected chi connectivity index (χ2v) is 5.32. The number of anilines is 1. The van der Waals surface area contributed by atoms with Crippen LogP contribution < -0.4 is 20.0 Å². The molecule has 2 aromatic rings. The molecule has 112 valence electrons. The van der Waals surface area contributed by atoms with Gasteiger partial charge in [0.1, 0.15) is 0 Å². The van der Waals surface area contributed by atoms with E-state index in [1.807, 2.05) is 12.1 Å².